The number of hydrogen-bond acceptors (Lipinski definition) is 4. The number of carbonyl (C=O) groups is 2. The molecule has 0 saturated heterocycles. The number of carboxylic acid groups (broad SMARTS) is 1. The molecule has 0 aliphatic rings. The van der Waals surface area contributed by atoms with Crippen molar-refractivity contribution in [1.82, 2.24) is 4.98 Å². The predicted molar refractivity (Wildman–Crippen MR) is 69.4 cm³/mol. The molecule has 0 atom stereocenters. The van der Waals surface area contributed by atoms with Gasteiger partial charge < -0.3 is 16.2 Å². The Labute approximate surface area is 108 Å². The number of benzene rings is 1. The van der Waals surface area contributed by atoms with Gasteiger partial charge in [-0.25, -0.2) is 4.79 Å². The smallest absolute Gasteiger partial charge is 0.337 e. The summed E-state index contributed by atoms with van der Waals surface area (Å²) in [5.74, 6) is -1.61. The third kappa shape index (κ3) is 2.86. The molecule has 0 bridgehead atoms. The van der Waals surface area contributed by atoms with Crippen LogP contribution in [0.25, 0.3) is 0 Å². The van der Waals surface area contributed by atoms with E-state index in [4.69, 9.17) is 10.8 Å². The van der Waals surface area contributed by atoms with Crippen LogP contribution in [0.3, 0.4) is 0 Å². The molecule has 0 radical (unpaired) electrons. The molecular weight excluding hydrogens is 246 g/mol. The van der Waals surface area contributed by atoms with Crippen molar-refractivity contribution in [2.45, 2.75) is 0 Å². The normalized spacial score (nSPS) is 9.89. The Morgan fingerprint density at radius 2 is 2.05 bits per heavy atom. The Balaban J connectivity index is 2.34. The van der Waals surface area contributed by atoms with E-state index in [-0.39, 0.29) is 5.56 Å². The number of carbonyl (C=O) groups excluding carboxylic acids is 1. The summed E-state index contributed by atoms with van der Waals surface area (Å²) in [6.45, 7) is 0. The van der Waals surface area contributed by atoms with E-state index in [2.05, 4.69) is 10.3 Å². The summed E-state index contributed by atoms with van der Waals surface area (Å²) >= 11 is 0. The number of anilines is 2. The highest BCUT2D eigenvalue weighted by Crippen LogP contribution is 2.20. The van der Waals surface area contributed by atoms with Crippen molar-refractivity contribution in [3.63, 3.8) is 0 Å². The lowest BCUT2D eigenvalue weighted by Gasteiger charge is -2.09. The number of primary amides is 1. The van der Waals surface area contributed by atoms with Crippen LogP contribution < -0.4 is 11.1 Å². The maximum Gasteiger partial charge on any atom is 0.337 e. The predicted octanol–water partition coefficient (Wildman–Crippen LogP) is 1.62. The largest absolute Gasteiger partial charge is 0.478 e. The Bertz CT molecular complexity index is 641. The summed E-state index contributed by atoms with van der Waals surface area (Å²) in [7, 11) is 0. The van der Waals surface area contributed by atoms with Gasteiger partial charge >= 0.3 is 5.97 Å². The zero-order valence-electron chi connectivity index (χ0n) is 9.83. The van der Waals surface area contributed by atoms with Gasteiger partial charge in [0.15, 0.2) is 0 Å². The first-order valence-electron chi connectivity index (χ1n) is 5.42. The number of rotatable bonds is 4. The molecule has 6 nitrogen and oxygen atoms in total. The fraction of sp³-hybridized carbons (Fsp3) is 0. The number of hydrogen-bond donors (Lipinski definition) is 3. The van der Waals surface area contributed by atoms with Gasteiger partial charge in [-0.1, -0.05) is 6.07 Å². The molecule has 1 aromatic heterocycles. The summed E-state index contributed by atoms with van der Waals surface area (Å²) in [6, 6.07) is 7.86. The molecule has 0 aliphatic heterocycles. The zero-order valence-corrected chi connectivity index (χ0v) is 9.83. The quantitative estimate of drug-likeness (QED) is 0.771. The molecule has 1 amide bonds. The Morgan fingerprint density at radius 3 is 2.74 bits per heavy atom. The number of aromatic carboxylic acids is 1. The summed E-state index contributed by atoms with van der Waals surface area (Å²) in [5, 5.41) is 11.9. The molecule has 0 fully saturated rings. The van der Waals surface area contributed by atoms with Crippen LogP contribution in [0.5, 0.6) is 0 Å². The number of aromatic nitrogens is 1. The van der Waals surface area contributed by atoms with Crippen molar-refractivity contribution in [2.24, 2.45) is 5.73 Å². The maximum absolute atomic E-state index is 11.1. The highest BCUT2D eigenvalue weighted by atomic mass is 16.4. The fourth-order valence-electron chi connectivity index (χ4n) is 1.59. The van der Waals surface area contributed by atoms with Gasteiger partial charge in [0.25, 0.3) is 0 Å². The lowest BCUT2D eigenvalue weighted by molar-refractivity contribution is 0.0697. The minimum absolute atomic E-state index is 0.0967. The van der Waals surface area contributed by atoms with Gasteiger partial charge in [0, 0.05) is 17.4 Å². The Morgan fingerprint density at radius 1 is 1.26 bits per heavy atom. The van der Waals surface area contributed by atoms with Crippen LogP contribution in [-0.2, 0) is 0 Å². The Hall–Kier alpha value is -2.89. The van der Waals surface area contributed by atoms with Gasteiger partial charge in [-0.15, -0.1) is 0 Å². The van der Waals surface area contributed by atoms with Crippen LogP contribution in [-0.4, -0.2) is 22.0 Å². The third-order valence-electron chi connectivity index (χ3n) is 2.48. The van der Waals surface area contributed by atoms with Gasteiger partial charge in [0.05, 0.1) is 17.4 Å². The monoisotopic (exact) mass is 257 g/mol. The average Bonchev–Trinajstić information content (AvgIpc) is 2.39. The second-order valence-corrected chi connectivity index (χ2v) is 3.80. The zero-order chi connectivity index (χ0) is 13.8. The molecule has 0 spiro atoms. The molecule has 2 aromatic rings. The van der Waals surface area contributed by atoms with Gasteiger partial charge in [-0.05, 0) is 24.3 Å². The van der Waals surface area contributed by atoms with E-state index in [1.165, 1.54) is 18.5 Å². The van der Waals surface area contributed by atoms with Crippen LogP contribution in [0.1, 0.15) is 20.7 Å². The lowest BCUT2D eigenvalue weighted by Crippen LogP contribution is -2.11. The van der Waals surface area contributed by atoms with Gasteiger partial charge in [-0.3, -0.25) is 9.78 Å². The highest BCUT2D eigenvalue weighted by molar-refractivity contribution is 5.96. The van der Waals surface area contributed by atoms with Gasteiger partial charge in [0.2, 0.25) is 5.91 Å². The van der Waals surface area contributed by atoms with E-state index < -0.39 is 11.9 Å². The molecule has 19 heavy (non-hydrogen) atoms. The summed E-state index contributed by atoms with van der Waals surface area (Å²) < 4.78 is 0. The number of carboxylic acids is 1. The van der Waals surface area contributed by atoms with Crippen molar-refractivity contribution in [2.75, 3.05) is 5.32 Å². The second-order valence-electron chi connectivity index (χ2n) is 3.80. The van der Waals surface area contributed by atoms with Gasteiger partial charge in [-0.2, -0.15) is 0 Å². The average molecular weight is 257 g/mol. The maximum atomic E-state index is 11.1. The molecule has 0 saturated carbocycles. The van der Waals surface area contributed by atoms with E-state index in [9.17, 15) is 9.59 Å². The van der Waals surface area contributed by atoms with Crippen molar-refractivity contribution >= 4 is 23.3 Å². The topological polar surface area (TPSA) is 105 Å². The standard InChI is InChI=1S/C13H11N3O3/c14-12(17)8-2-1-3-9(6-8)16-11-7-15-5-4-10(11)13(18)19/h1-7,16H,(H2,14,17)(H,18,19). The lowest BCUT2D eigenvalue weighted by atomic mass is 10.1. The van der Waals surface area contributed by atoms with E-state index in [1.807, 2.05) is 0 Å². The fourth-order valence-corrected chi connectivity index (χ4v) is 1.59. The van der Waals surface area contributed by atoms with Crippen molar-refractivity contribution in [1.29, 1.82) is 0 Å². The van der Waals surface area contributed by atoms with Crippen molar-refractivity contribution in [3.05, 3.63) is 53.9 Å². The van der Waals surface area contributed by atoms with Crippen LogP contribution >= 0.6 is 0 Å². The van der Waals surface area contributed by atoms with E-state index in [1.54, 1.807) is 24.3 Å². The SMILES string of the molecule is NC(=O)c1cccc(Nc2cnccc2C(=O)O)c1. The minimum Gasteiger partial charge on any atom is -0.478 e. The summed E-state index contributed by atoms with van der Waals surface area (Å²) in [6.07, 6.45) is 2.80. The van der Waals surface area contributed by atoms with Crippen molar-refractivity contribution in [3.8, 4) is 0 Å². The summed E-state index contributed by atoms with van der Waals surface area (Å²) in [5.41, 5.74) is 6.52. The highest BCUT2D eigenvalue weighted by Gasteiger charge is 2.10. The molecular formula is C13H11N3O3. The van der Waals surface area contributed by atoms with E-state index in [0.717, 1.165) is 0 Å². The third-order valence-corrected chi connectivity index (χ3v) is 2.48. The molecule has 4 N–H and O–H groups in total. The van der Waals surface area contributed by atoms with Crippen LogP contribution in [0.15, 0.2) is 42.7 Å². The van der Waals surface area contributed by atoms with E-state index >= 15 is 0 Å². The molecule has 2 rings (SSSR count). The first kappa shape index (κ1) is 12.6. The number of nitrogens with one attached hydrogen (secondary N) is 1. The molecule has 0 aliphatic carbocycles. The molecule has 6 heteroatoms. The molecule has 1 aromatic carbocycles. The molecule has 96 valence electrons. The number of amides is 1. The molecule has 1 heterocycles. The van der Waals surface area contributed by atoms with Crippen LogP contribution in [0.2, 0.25) is 0 Å². The second kappa shape index (κ2) is 5.18. The number of nitrogens with zero attached hydrogens (tertiary/aromatic N) is 1. The van der Waals surface area contributed by atoms with Crippen LogP contribution in [0, 0.1) is 0 Å². The van der Waals surface area contributed by atoms with Crippen molar-refractivity contribution < 1.29 is 14.7 Å². The first-order chi connectivity index (χ1) is 9.08. The van der Waals surface area contributed by atoms with Gasteiger partial charge in [0.1, 0.15) is 0 Å². The van der Waals surface area contributed by atoms with E-state index in [0.29, 0.717) is 16.9 Å². The summed E-state index contributed by atoms with van der Waals surface area (Å²) in [4.78, 5) is 26.0. The first-order valence-corrected chi connectivity index (χ1v) is 5.42. The number of pyridine rings is 1. The minimum atomic E-state index is -1.06. The molecule has 0 unspecified atom stereocenters. The Kier molecular flexibility index (Phi) is 3.42. The number of nitrogens with two attached hydrogens (primary N) is 1. The van der Waals surface area contributed by atoms with Crippen LogP contribution in [0.4, 0.5) is 11.4 Å².